The maximum atomic E-state index is 5.16. The molecule has 1 aliphatic rings. The number of hydrogen-bond donors (Lipinski definition) is 1. The number of nitrogens with one attached hydrogen (secondary N) is 1. The fourth-order valence-electron chi connectivity index (χ4n) is 3.06. The van der Waals surface area contributed by atoms with Crippen molar-refractivity contribution in [2.24, 2.45) is 12.0 Å². The molecule has 8 nitrogen and oxygen atoms in total. The van der Waals surface area contributed by atoms with Crippen LogP contribution in [-0.2, 0) is 37.7 Å². The highest BCUT2D eigenvalue weighted by molar-refractivity contribution is 7.11. The summed E-state index contributed by atoms with van der Waals surface area (Å²) in [5.74, 6) is 2.55. The molecule has 0 atom stereocenters. The molecule has 0 bridgehead atoms. The molecule has 9 heteroatoms. The van der Waals surface area contributed by atoms with Crippen LogP contribution in [0, 0.1) is 6.92 Å². The molecule has 27 heavy (non-hydrogen) atoms. The van der Waals surface area contributed by atoms with Crippen LogP contribution in [0.1, 0.15) is 40.1 Å². The number of hydrogen-bond acceptors (Lipinski definition) is 6. The lowest BCUT2D eigenvalue weighted by Crippen LogP contribution is -2.40. The number of aromatic nitrogens is 4. The maximum absolute atomic E-state index is 5.16. The maximum Gasteiger partial charge on any atom is 0.194 e. The molecule has 1 N–H and O–H groups in total. The lowest BCUT2D eigenvalue weighted by molar-refractivity contribution is 0.203. The average Bonchev–Trinajstić information content (AvgIpc) is 3.21. The number of aryl methyl sites for hydroxylation is 3. The molecular weight excluding hydrogens is 362 g/mol. The fourth-order valence-corrected chi connectivity index (χ4v) is 4.27. The van der Waals surface area contributed by atoms with E-state index in [0.717, 1.165) is 35.6 Å². The van der Waals surface area contributed by atoms with Gasteiger partial charge in [0, 0.05) is 32.6 Å². The molecule has 0 unspecified atom stereocenters. The number of thiazole rings is 1. The summed E-state index contributed by atoms with van der Waals surface area (Å²) < 4.78 is 7.12. The molecule has 0 saturated carbocycles. The first kappa shape index (κ1) is 19.8. The molecule has 0 radical (unpaired) electrons. The molecule has 0 aromatic carbocycles. The summed E-state index contributed by atoms with van der Waals surface area (Å²) in [6.07, 6.45) is 4.84. The number of fused-ring (bicyclic) bond motifs is 1. The molecule has 0 saturated heterocycles. The SMILES string of the molecule is COCCNC(=NCc1nnc(C)n1C)N(C)Cc1nc2c(s1)CCCC2. The third kappa shape index (κ3) is 5.04. The molecule has 2 heterocycles. The van der Waals surface area contributed by atoms with Crippen LogP contribution in [-0.4, -0.2) is 57.9 Å². The minimum atomic E-state index is 0.478. The van der Waals surface area contributed by atoms with Gasteiger partial charge in [0.2, 0.25) is 0 Å². The number of rotatable bonds is 7. The Bertz CT molecular complexity index is 759. The van der Waals surface area contributed by atoms with E-state index in [0.29, 0.717) is 19.7 Å². The predicted molar refractivity (Wildman–Crippen MR) is 107 cm³/mol. The van der Waals surface area contributed by atoms with Crippen molar-refractivity contribution < 1.29 is 4.74 Å². The van der Waals surface area contributed by atoms with E-state index in [1.54, 1.807) is 7.11 Å². The van der Waals surface area contributed by atoms with E-state index in [1.807, 2.05) is 36.9 Å². The zero-order chi connectivity index (χ0) is 19.2. The number of ether oxygens (including phenoxy) is 1. The van der Waals surface area contributed by atoms with Gasteiger partial charge in [-0.1, -0.05) is 0 Å². The molecule has 0 aliphatic heterocycles. The number of methoxy groups -OCH3 is 1. The third-order valence-corrected chi connectivity index (χ3v) is 5.91. The van der Waals surface area contributed by atoms with Crippen molar-refractivity contribution in [3.8, 4) is 0 Å². The highest BCUT2D eigenvalue weighted by Crippen LogP contribution is 2.27. The number of aliphatic imine (C=N–C) groups is 1. The van der Waals surface area contributed by atoms with Gasteiger partial charge in [-0.15, -0.1) is 21.5 Å². The number of guanidine groups is 1. The van der Waals surface area contributed by atoms with Gasteiger partial charge < -0.3 is 19.5 Å². The summed E-state index contributed by atoms with van der Waals surface area (Å²) in [4.78, 5) is 13.2. The van der Waals surface area contributed by atoms with Crippen molar-refractivity contribution in [1.82, 2.24) is 30.0 Å². The van der Waals surface area contributed by atoms with Crippen LogP contribution in [0.5, 0.6) is 0 Å². The van der Waals surface area contributed by atoms with Crippen molar-refractivity contribution >= 4 is 17.3 Å². The van der Waals surface area contributed by atoms with Crippen LogP contribution < -0.4 is 5.32 Å². The largest absolute Gasteiger partial charge is 0.383 e. The first-order chi connectivity index (χ1) is 13.1. The fraction of sp³-hybridized carbons (Fsp3) is 0.667. The molecule has 3 rings (SSSR count). The first-order valence-corrected chi connectivity index (χ1v) is 10.2. The van der Waals surface area contributed by atoms with Gasteiger partial charge in [-0.05, 0) is 32.6 Å². The van der Waals surface area contributed by atoms with E-state index in [-0.39, 0.29) is 0 Å². The second-order valence-corrected chi connectivity index (χ2v) is 7.99. The normalized spacial score (nSPS) is 14.3. The Labute approximate surface area is 164 Å². The quantitative estimate of drug-likeness (QED) is 0.439. The van der Waals surface area contributed by atoms with Crippen LogP contribution in [0.25, 0.3) is 0 Å². The summed E-state index contributed by atoms with van der Waals surface area (Å²) in [6.45, 7) is 4.49. The smallest absolute Gasteiger partial charge is 0.194 e. The molecule has 2 aromatic rings. The zero-order valence-corrected chi connectivity index (χ0v) is 17.5. The third-order valence-electron chi connectivity index (χ3n) is 4.77. The highest BCUT2D eigenvalue weighted by atomic mass is 32.1. The Morgan fingerprint density at radius 1 is 1.33 bits per heavy atom. The van der Waals surface area contributed by atoms with E-state index in [2.05, 4.69) is 20.4 Å². The summed E-state index contributed by atoms with van der Waals surface area (Å²) in [6, 6.07) is 0. The standard InChI is InChI=1S/C18H29N7OS/c1-13-22-23-16(25(13)3)11-20-18(19-9-10-26-4)24(2)12-17-21-14-7-5-6-8-15(14)27-17/h5-12H2,1-4H3,(H,19,20). The lowest BCUT2D eigenvalue weighted by Gasteiger charge is -2.21. The molecule has 0 amide bonds. The van der Waals surface area contributed by atoms with Crippen molar-refractivity contribution in [3.63, 3.8) is 0 Å². The van der Waals surface area contributed by atoms with Gasteiger partial charge >= 0.3 is 0 Å². The monoisotopic (exact) mass is 391 g/mol. The van der Waals surface area contributed by atoms with Crippen molar-refractivity contribution in [2.75, 3.05) is 27.3 Å². The van der Waals surface area contributed by atoms with Crippen LogP contribution in [0.3, 0.4) is 0 Å². The summed E-state index contributed by atoms with van der Waals surface area (Å²) in [5.41, 5.74) is 1.30. The second-order valence-electron chi connectivity index (χ2n) is 6.82. The first-order valence-electron chi connectivity index (χ1n) is 9.39. The van der Waals surface area contributed by atoms with Gasteiger partial charge in [0.1, 0.15) is 17.4 Å². The number of nitrogens with zero attached hydrogens (tertiary/aromatic N) is 6. The van der Waals surface area contributed by atoms with Crippen LogP contribution >= 0.6 is 11.3 Å². The van der Waals surface area contributed by atoms with Crippen molar-refractivity contribution in [3.05, 3.63) is 27.2 Å². The van der Waals surface area contributed by atoms with Crippen molar-refractivity contribution in [1.29, 1.82) is 0 Å². The molecule has 2 aromatic heterocycles. The predicted octanol–water partition coefficient (Wildman–Crippen LogP) is 1.68. The molecular formula is C18H29N7OS. The second kappa shape index (κ2) is 9.27. The molecule has 1 aliphatic carbocycles. The summed E-state index contributed by atoms with van der Waals surface area (Å²) in [5, 5.41) is 12.8. The van der Waals surface area contributed by atoms with Gasteiger partial charge in [0.05, 0.1) is 18.8 Å². The minimum absolute atomic E-state index is 0.478. The van der Waals surface area contributed by atoms with Crippen LogP contribution in [0.15, 0.2) is 4.99 Å². The van der Waals surface area contributed by atoms with Crippen LogP contribution in [0.4, 0.5) is 0 Å². The topological polar surface area (TPSA) is 80.5 Å². The molecule has 148 valence electrons. The van der Waals surface area contributed by atoms with Crippen molar-refractivity contribution in [2.45, 2.75) is 45.7 Å². The van der Waals surface area contributed by atoms with Gasteiger partial charge in [0.25, 0.3) is 0 Å². The lowest BCUT2D eigenvalue weighted by atomic mass is 10.0. The Morgan fingerprint density at radius 2 is 2.15 bits per heavy atom. The van der Waals surface area contributed by atoms with Gasteiger partial charge in [-0.3, -0.25) is 0 Å². The van der Waals surface area contributed by atoms with Gasteiger partial charge in [-0.2, -0.15) is 0 Å². The van der Waals surface area contributed by atoms with E-state index in [4.69, 9.17) is 14.7 Å². The van der Waals surface area contributed by atoms with Crippen LogP contribution in [0.2, 0.25) is 0 Å². The minimum Gasteiger partial charge on any atom is -0.383 e. The highest BCUT2D eigenvalue weighted by Gasteiger charge is 2.17. The van der Waals surface area contributed by atoms with Gasteiger partial charge in [-0.25, -0.2) is 9.98 Å². The van der Waals surface area contributed by atoms with E-state index in [9.17, 15) is 0 Å². The van der Waals surface area contributed by atoms with E-state index in [1.165, 1.54) is 29.8 Å². The Hall–Kier alpha value is -2.00. The Morgan fingerprint density at radius 3 is 2.85 bits per heavy atom. The Balaban J connectivity index is 1.69. The molecule has 0 fully saturated rings. The van der Waals surface area contributed by atoms with E-state index >= 15 is 0 Å². The average molecular weight is 392 g/mol. The molecule has 0 spiro atoms. The summed E-state index contributed by atoms with van der Waals surface area (Å²) in [7, 11) is 5.70. The van der Waals surface area contributed by atoms with E-state index < -0.39 is 0 Å². The zero-order valence-electron chi connectivity index (χ0n) is 16.7. The summed E-state index contributed by atoms with van der Waals surface area (Å²) >= 11 is 1.84. The Kier molecular flexibility index (Phi) is 6.78. The van der Waals surface area contributed by atoms with Gasteiger partial charge in [0.15, 0.2) is 11.8 Å².